The molecule has 102 valence electrons. The van der Waals surface area contributed by atoms with Crippen LogP contribution in [0.25, 0.3) is 6.08 Å². The van der Waals surface area contributed by atoms with E-state index in [-0.39, 0.29) is 17.0 Å². The zero-order valence-electron chi connectivity index (χ0n) is 10.6. The molecule has 0 radical (unpaired) electrons. The maximum absolute atomic E-state index is 11.7. The molecular weight excluding hydrogens is 297 g/mol. The number of rotatable bonds is 3. The molecule has 0 atom stereocenters. The first-order chi connectivity index (χ1) is 9.52. The minimum atomic E-state index is -0.332. The first-order valence-corrected chi connectivity index (χ1v) is 6.54. The normalized spacial score (nSPS) is 10.8. The van der Waals surface area contributed by atoms with Crippen molar-refractivity contribution in [1.29, 1.82) is 0 Å². The van der Waals surface area contributed by atoms with Gasteiger partial charge in [-0.05, 0) is 36.8 Å². The van der Waals surface area contributed by atoms with Gasteiger partial charge in [-0.2, -0.15) is 0 Å². The molecule has 6 heteroatoms. The highest BCUT2D eigenvalue weighted by atomic mass is 35.5. The Morgan fingerprint density at radius 2 is 1.90 bits per heavy atom. The van der Waals surface area contributed by atoms with E-state index >= 15 is 0 Å². The molecular formula is C14H11Cl2N3O. The lowest BCUT2D eigenvalue weighted by atomic mass is 10.2. The summed E-state index contributed by atoms with van der Waals surface area (Å²) in [6, 6.07) is 8.74. The van der Waals surface area contributed by atoms with Gasteiger partial charge in [-0.3, -0.25) is 10.1 Å². The molecule has 0 saturated heterocycles. The van der Waals surface area contributed by atoms with Gasteiger partial charge in [-0.1, -0.05) is 35.3 Å². The van der Waals surface area contributed by atoms with Crippen molar-refractivity contribution in [2.45, 2.75) is 6.92 Å². The predicted molar refractivity (Wildman–Crippen MR) is 80.9 cm³/mol. The van der Waals surface area contributed by atoms with Crippen molar-refractivity contribution < 1.29 is 4.79 Å². The van der Waals surface area contributed by atoms with Gasteiger partial charge in [0.05, 0.1) is 0 Å². The fraction of sp³-hybridized carbons (Fsp3) is 0.0714. The summed E-state index contributed by atoms with van der Waals surface area (Å²) in [6.45, 7) is 1.77. The number of hydrogen-bond acceptors (Lipinski definition) is 3. The summed E-state index contributed by atoms with van der Waals surface area (Å²) in [5.41, 5.74) is 1.55. The van der Waals surface area contributed by atoms with Gasteiger partial charge in [-0.25, -0.2) is 9.97 Å². The van der Waals surface area contributed by atoms with Crippen LogP contribution in [0.2, 0.25) is 10.2 Å². The number of hydrogen-bond donors (Lipinski definition) is 1. The monoisotopic (exact) mass is 307 g/mol. The lowest BCUT2D eigenvalue weighted by Crippen LogP contribution is -2.11. The number of carbonyl (C=O) groups excluding carboxylic acids is 1. The molecule has 0 aliphatic rings. The summed E-state index contributed by atoms with van der Waals surface area (Å²) in [5, 5.41) is 3.48. The first kappa shape index (κ1) is 14.5. The Morgan fingerprint density at radius 3 is 2.55 bits per heavy atom. The number of nitrogens with one attached hydrogen (secondary N) is 1. The predicted octanol–water partition coefficient (Wildman–Crippen LogP) is 3.74. The molecule has 2 rings (SSSR count). The summed E-state index contributed by atoms with van der Waals surface area (Å²) < 4.78 is 0. The van der Waals surface area contributed by atoms with Crippen LogP contribution in [0.3, 0.4) is 0 Å². The maximum atomic E-state index is 11.7. The molecule has 0 bridgehead atoms. The summed E-state index contributed by atoms with van der Waals surface area (Å²) in [7, 11) is 0. The average Bonchev–Trinajstić information content (AvgIpc) is 2.37. The Bertz CT molecular complexity index is 634. The molecule has 0 aliphatic carbocycles. The molecule has 1 aromatic heterocycles. The Morgan fingerprint density at radius 1 is 1.20 bits per heavy atom. The van der Waals surface area contributed by atoms with Gasteiger partial charge in [0, 0.05) is 16.8 Å². The molecule has 1 N–H and O–H groups in total. The van der Waals surface area contributed by atoms with Crippen molar-refractivity contribution in [2.75, 3.05) is 5.32 Å². The van der Waals surface area contributed by atoms with Crippen LogP contribution < -0.4 is 5.32 Å². The summed E-state index contributed by atoms with van der Waals surface area (Å²) in [4.78, 5) is 19.7. The van der Waals surface area contributed by atoms with Crippen molar-refractivity contribution in [1.82, 2.24) is 9.97 Å². The molecule has 0 spiro atoms. The quantitative estimate of drug-likeness (QED) is 0.694. The molecule has 0 aliphatic heterocycles. The molecule has 1 amide bonds. The molecule has 20 heavy (non-hydrogen) atoms. The second-order valence-electron chi connectivity index (χ2n) is 4.03. The van der Waals surface area contributed by atoms with Gasteiger partial charge in [0.15, 0.2) is 0 Å². The fourth-order valence-electron chi connectivity index (χ4n) is 1.48. The van der Waals surface area contributed by atoms with Crippen molar-refractivity contribution in [2.24, 2.45) is 0 Å². The van der Waals surface area contributed by atoms with Gasteiger partial charge in [0.25, 0.3) is 5.91 Å². The van der Waals surface area contributed by atoms with E-state index in [1.165, 1.54) is 6.08 Å². The molecule has 0 saturated carbocycles. The van der Waals surface area contributed by atoms with E-state index in [1.54, 1.807) is 31.2 Å². The summed E-state index contributed by atoms with van der Waals surface area (Å²) >= 11 is 11.6. The van der Waals surface area contributed by atoms with Crippen LogP contribution >= 0.6 is 23.2 Å². The lowest BCUT2D eigenvalue weighted by molar-refractivity contribution is -0.111. The standard InChI is InChI=1S/C14H11Cl2N3O/c1-9-8-12(16)18-14(17-9)19-13(20)7-4-10-2-5-11(15)6-3-10/h2-8H,1H3,(H,17,18,19,20)/b7-4+. The Labute approximate surface area is 126 Å². The molecule has 2 aromatic rings. The van der Waals surface area contributed by atoms with Gasteiger partial charge < -0.3 is 0 Å². The van der Waals surface area contributed by atoms with Gasteiger partial charge in [0.2, 0.25) is 5.95 Å². The lowest BCUT2D eigenvalue weighted by Gasteiger charge is -2.02. The summed E-state index contributed by atoms with van der Waals surface area (Å²) in [6.07, 6.45) is 3.06. The SMILES string of the molecule is Cc1cc(Cl)nc(NC(=O)/C=C/c2ccc(Cl)cc2)n1. The van der Waals surface area contributed by atoms with Gasteiger partial charge >= 0.3 is 0 Å². The van der Waals surface area contributed by atoms with Crippen LogP contribution in [-0.4, -0.2) is 15.9 Å². The van der Waals surface area contributed by atoms with Crippen LogP contribution in [-0.2, 0) is 4.79 Å². The van der Waals surface area contributed by atoms with E-state index in [9.17, 15) is 4.79 Å². The zero-order chi connectivity index (χ0) is 14.5. The smallest absolute Gasteiger partial charge is 0.250 e. The van der Waals surface area contributed by atoms with Crippen LogP contribution in [0.5, 0.6) is 0 Å². The van der Waals surface area contributed by atoms with Crippen molar-refractivity contribution in [3.63, 3.8) is 0 Å². The van der Waals surface area contributed by atoms with Gasteiger partial charge in [0.1, 0.15) is 5.15 Å². The minimum Gasteiger partial charge on any atom is -0.291 e. The maximum Gasteiger partial charge on any atom is 0.250 e. The zero-order valence-corrected chi connectivity index (χ0v) is 12.1. The van der Waals surface area contributed by atoms with E-state index in [2.05, 4.69) is 15.3 Å². The Hall–Kier alpha value is -1.91. The molecule has 4 nitrogen and oxygen atoms in total. The van der Waals surface area contributed by atoms with E-state index in [0.29, 0.717) is 10.7 Å². The Kier molecular flexibility index (Phi) is 4.71. The van der Waals surface area contributed by atoms with Crippen molar-refractivity contribution in [3.05, 3.63) is 57.8 Å². The van der Waals surface area contributed by atoms with E-state index in [0.717, 1.165) is 5.56 Å². The van der Waals surface area contributed by atoms with Crippen LogP contribution in [0.15, 0.2) is 36.4 Å². The van der Waals surface area contributed by atoms with E-state index in [4.69, 9.17) is 23.2 Å². The highest BCUT2D eigenvalue weighted by molar-refractivity contribution is 6.30. The fourth-order valence-corrected chi connectivity index (χ4v) is 1.85. The second kappa shape index (κ2) is 6.50. The van der Waals surface area contributed by atoms with E-state index in [1.807, 2.05) is 12.1 Å². The van der Waals surface area contributed by atoms with Gasteiger partial charge in [-0.15, -0.1) is 0 Å². The third kappa shape index (κ3) is 4.33. The number of benzene rings is 1. The Balaban J connectivity index is 2.03. The molecule has 1 aromatic carbocycles. The second-order valence-corrected chi connectivity index (χ2v) is 4.85. The van der Waals surface area contributed by atoms with Crippen LogP contribution in [0.1, 0.15) is 11.3 Å². The number of anilines is 1. The molecule has 0 fully saturated rings. The highest BCUT2D eigenvalue weighted by Crippen LogP contribution is 2.11. The number of aryl methyl sites for hydroxylation is 1. The number of amides is 1. The molecule has 0 unspecified atom stereocenters. The summed E-state index contributed by atoms with van der Waals surface area (Å²) in [5.74, 6) is -0.151. The van der Waals surface area contributed by atoms with Crippen molar-refractivity contribution >= 4 is 41.1 Å². The molecule has 1 heterocycles. The minimum absolute atomic E-state index is 0.181. The number of halogens is 2. The number of nitrogens with zero attached hydrogens (tertiary/aromatic N) is 2. The third-order valence-electron chi connectivity index (χ3n) is 2.36. The van der Waals surface area contributed by atoms with Crippen LogP contribution in [0, 0.1) is 6.92 Å². The third-order valence-corrected chi connectivity index (χ3v) is 2.80. The highest BCUT2D eigenvalue weighted by Gasteiger charge is 2.03. The first-order valence-electron chi connectivity index (χ1n) is 5.79. The number of carbonyl (C=O) groups is 1. The van der Waals surface area contributed by atoms with Crippen molar-refractivity contribution in [3.8, 4) is 0 Å². The van der Waals surface area contributed by atoms with Crippen LogP contribution in [0.4, 0.5) is 5.95 Å². The largest absolute Gasteiger partial charge is 0.291 e. The topological polar surface area (TPSA) is 54.9 Å². The average molecular weight is 308 g/mol. The number of aromatic nitrogens is 2. The van der Waals surface area contributed by atoms with E-state index < -0.39 is 0 Å².